The second-order valence-electron chi connectivity index (χ2n) is 9.96. The van der Waals surface area contributed by atoms with Gasteiger partial charge in [-0.25, -0.2) is 9.97 Å². The van der Waals surface area contributed by atoms with Gasteiger partial charge in [0.1, 0.15) is 5.82 Å². The molecule has 15 heteroatoms. The van der Waals surface area contributed by atoms with Crippen LogP contribution in [-0.2, 0) is 0 Å². The van der Waals surface area contributed by atoms with Crippen LogP contribution in [0, 0.1) is 0 Å². The van der Waals surface area contributed by atoms with E-state index in [2.05, 4.69) is 42.1 Å². The van der Waals surface area contributed by atoms with Crippen molar-refractivity contribution in [1.29, 1.82) is 0 Å². The van der Waals surface area contributed by atoms with E-state index in [1.165, 1.54) is 18.3 Å². The van der Waals surface area contributed by atoms with Gasteiger partial charge in [0.05, 0.1) is 5.56 Å². The molecule has 2 aliphatic rings. The number of carbonyl (C=O) groups is 2. The Labute approximate surface area is 229 Å². The topological polar surface area (TPSA) is 215 Å². The molecule has 40 heavy (non-hydrogen) atoms. The van der Waals surface area contributed by atoms with Gasteiger partial charge in [0.25, 0.3) is 17.4 Å². The normalized spacial score (nSPS) is 18.6. The third-order valence-corrected chi connectivity index (χ3v) is 7.58. The Morgan fingerprint density at radius 3 is 2.55 bits per heavy atom. The number of hydrogen-bond donors (Lipinski definition) is 6. The number of aromatic amines is 3. The first kappa shape index (κ1) is 26.9. The zero-order valence-corrected chi connectivity index (χ0v) is 22.1. The van der Waals surface area contributed by atoms with Crippen LogP contribution in [-0.4, -0.2) is 91.3 Å². The van der Waals surface area contributed by atoms with Crippen molar-refractivity contribution in [2.45, 2.75) is 38.3 Å². The molecule has 2 saturated heterocycles. The molecule has 0 aromatic carbocycles. The van der Waals surface area contributed by atoms with Gasteiger partial charge in [0, 0.05) is 63.3 Å². The molecule has 212 valence electrons. The summed E-state index contributed by atoms with van der Waals surface area (Å²) in [6, 6.07) is 3.22. The van der Waals surface area contributed by atoms with Crippen molar-refractivity contribution in [3.8, 4) is 0 Å². The van der Waals surface area contributed by atoms with Crippen molar-refractivity contribution >= 4 is 35.2 Å². The summed E-state index contributed by atoms with van der Waals surface area (Å²) in [5.41, 5.74) is 11.3. The van der Waals surface area contributed by atoms with Gasteiger partial charge in [-0.3, -0.25) is 29.4 Å². The van der Waals surface area contributed by atoms with Gasteiger partial charge in [0.15, 0.2) is 17.3 Å². The maximum atomic E-state index is 13.0. The van der Waals surface area contributed by atoms with Crippen molar-refractivity contribution in [1.82, 2.24) is 34.7 Å². The predicted octanol–water partition coefficient (Wildman–Crippen LogP) is -0.197. The highest BCUT2D eigenvalue weighted by molar-refractivity contribution is 6.04. The van der Waals surface area contributed by atoms with Crippen molar-refractivity contribution in [2.24, 2.45) is 0 Å². The first-order valence-corrected chi connectivity index (χ1v) is 13.2. The van der Waals surface area contributed by atoms with E-state index in [9.17, 15) is 19.2 Å². The zero-order valence-electron chi connectivity index (χ0n) is 22.1. The minimum Gasteiger partial charge on any atom is -0.385 e. The molecule has 0 radical (unpaired) electrons. The molecule has 5 rings (SSSR count). The predicted molar refractivity (Wildman–Crippen MR) is 149 cm³/mol. The number of nitrogens with zero attached hydrogens (tertiary/aromatic N) is 5. The van der Waals surface area contributed by atoms with Crippen LogP contribution >= 0.6 is 0 Å². The fourth-order valence-corrected chi connectivity index (χ4v) is 5.50. The third-order valence-electron chi connectivity index (χ3n) is 7.58. The number of piperazine rings is 1. The van der Waals surface area contributed by atoms with E-state index in [0.29, 0.717) is 38.3 Å². The maximum absolute atomic E-state index is 13.0. The molecule has 5 heterocycles. The average molecular weight is 552 g/mol. The number of aromatic nitrogens is 5. The van der Waals surface area contributed by atoms with Crippen LogP contribution in [0.2, 0.25) is 0 Å². The Morgan fingerprint density at radius 1 is 1.10 bits per heavy atom. The molecule has 3 aromatic heterocycles. The van der Waals surface area contributed by atoms with Crippen LogP contribution in [0.4, 0.5) is 23.4 Å². The second-order valence-corrected chi connectivity index (χ2v) is 9.96. The highest BCUT2D eigenvalue weighted by Gasteiger charge is 2.35. The number of anilines is 4. The summed E-state index contributed by atoms with van der Waals surface area (Å²) < 4.78 is 0. The number of imidazole rings is 1. The van der Waals surface area contributed by atoms with Crippen molar-refractivity contribution in [3.63, 3.8) is 0 Å². The van der Waals surface area contributed by atoms with Crippen LogP contribution in [0.5, 0.6) is 0 Å². The SMILES string of the molecule is CCC1CN(c2nc(N)c(C(=O)Nc3ncc[nH]3)[nH]c2=O)CCN1C1CCN(C(=O)c2ccc(=O)[nH]c2N)CC1. The van der Waals surface area contributed by atoms with E-state index in [0.717, 1.165) is 19.3 Å². The van der Waals surface area contributed by atoms with Gasteiger partial charge in [-0.2, -0.15) is 0 Å². The lowest BCUT2D eigenvalue weighted by molar-refractivity contribution is 0.0491. The largest absolute Gasteiger partial charge is 0.385 e. The van der Waals surface area contributed by atoms with Crippen LogP contribution in [0.15, 0.2) is 34.1 Å². The molecule has 15 nitrogen and oxygen atoms in total. The van der Waals surface area contributed by atoms with Crippen molar-refractivity contribution in [2.75, 3.05) is 54.4 Å². The number of pyridine rings is 1. The minimum absolute atomic E-state index is 0.0747. The summed E-state index contributed by atoms with van der Waals surface area (Å²) in [5, 5.41) is 2.53. The summed E-state index contributed by atoms with van der Waals surface area (Å²) >= 11 is 0. The zero-order chi connectivity index (χ0) is 28.4. The Hall–Kier alpha value is -4.66. The number of piperidine rings is 1. The summed E-state index contributed by atoms with van der Waals surface area (Å²) in [5.74, 6) is -0.385. The monoisotopic (exact) mass is 551 g/mol. The number of hydrogen-bond acceptors (Lipinski definition) is 10. The molecule has 8 N–H and O–H groups in total. The van der Waals surface area contributed by atoms with Crippen LogP contribution in [0.1, 0.15) is 47.0 Å². The number of nitrogens with one attached hydrogen (secondary N) is 4. The highest BCUT2D eigenvalue weighted by atomic mass is 16.2. The number of nitrogen functional groups attached to an aromatic ring is 2. The highest BCUT2D eigenvalue weighted by Crippen LogP contribution is 2.26. The smallest absolute Gasteiger partial charge is 0.291 e. The molecule has 2 fully saturated rings. The summed E-state index contributed by atoms with van der Waals surface area (Å²) in [4.78, 5) is 72.1. The Morgan fingerprint density at radius 2 is 1.88 bits per heavy atom. The minimum atomic E-state index is -0.618. The van der Waals surface area contributed by atoms with E-state index in [-0.39, 0.29) is 52.6 Å². The van der Waals surface area contributed by atoms with Crippen LogP contribution in [0.25, 0.3) is 0 Å². The second kappa shape index (κ2) is 11.2. The van der Waals surface area contributed by atoms with E-state index >= 15 is 0 Å². The third kappa shape index (κ3) is 5.40. The molecular formula is C25H33N11O4. The summed E-state index contributed by atoms with van der Waals surface area (Å²) in [7, 11) is 0. The number of amides is 2. The maximum Gasteiger partial charge on any atom is 0.291 e. The summed E-state index contributed by atoms with van der Waals surface area (Å²) in [6.45, 7) is 5.13. The van der Waals surface area contributed by atoms with Gasteiger partial charge in [-0.05, 0) is 25.3 Å². The van der Waals surface area contributed by atoms with Gasteiger partial charge in [-0.1, -0.05) is 6.92 Å². The lowest BCUT2D eigenvalue weighted by Crippen LogP contribution is -2.59. The molecular weight excluding hydrogens is 518 g/mol. The summed E-state index contributed by atoms with van der Waals surface area (Å²) in [6.07, 6.45) is 5.51. The Bertz CT molecular complexity index is 1490. The average Bonchev–Trinajstić information content (AvgIpc) is 3.46. The van der Waals surface area contributed by atoms with Gasteiger partial charge in [-0.15, -0.1) is 0 Å². The fraction of sp³-hybridized carbons (Fsp3) is 0.440. The molecule has 1 unspecified atom stereocenters. The molecule has 1 atom stereocenters. The lowest BCUT2D eigenvalue weighted by atomic mass is 9.97. The molecule has 2 aliphatic heterocycles. The number of carbonyl (C=O) groups excluding carboxylic acids is 2. The van der Waals surface area contributed by atoms with Crippen molar-refractivity contribution < 1.29 is 9.59 Å². The Balaban J connectivity index is 1.22. The standard InChI is InChI=1S/C25H33N11O4/c1-2-14-13-35(21-23(39)31-18(20(27)32-21)22(38)33-25-28-7-8-29-25)11-12-36(14)15-5-9-34(10-6-15)24(40)16-3-4-17(37)30-19(16)26/h3-4,7-8,14-15H,2,5-6,9-13H2,1H3,(H2,27,32)(H,31,39)(H3,26,30,37)(H2,28,29,33,38). The number of nitrogens with two attached hydrogens (primary N) is 2. The van der Waals surface area contributed by atoms with E-state index in [1.54, 1.807) is 11.1 Å². The molecule has 0 saturated carbocycles. The molecule has 3 aromatic rings. The van der Waals surface area contributed by atoms with Crippen molar-refractivity contribution in [3.05, 3.63) is 56.5 Å². The molecule has 0 aliphatic carbocycles. The number of H-pyrrole nitrogens is 3. The molecule has 2 amide bonds. The van der Waals surface area contributed by atoms with Gasteiger partial charge >= 0.3 is 0 Å². The van der Waals surface area contributed by atoms with Gasteiger partial charge < -0.3 is 36.2 Å². The van der Waals surface area contributed by atoms with E-state index < -0.39 is 11.5 Å². The number of likely N-dealkylation sites (tertiary alicyclic amines) is 1. The van der Waals surface area contributed by atoms with E-state index in [1.807, 2.05) is 4.90 Å². The van der Waals surface area contributed by atoms with Crippen LogP contribution in [0.3, 0.4) is 0 Å². The van der Waals surface area contributed by atoms with Crippen LogP contribution < -0.4 is 32.8 Å². The quantitative estimate of drug-likeness (QED) is 0.237. The first-order chi connectivity index (χ1) is 19.2. The van der Waals surface area contributed by atoms with E-state index in [4.69, 9.17) is 11.5 Å². The first-order valence-electron chi connectivity index (χ1n) is 13.2. The molecule has 0 bridgehead atoms. The Kier molecular flexibility index (Phi) is 7.55. The molecule has 0 spiro atoms. The number of rotatable bonds is 6. The van der Waals surface area contributed by atoms with Gasteiger partial charge in [0.2, 0.25) is 11.5 Å². The lowest BCUT2D eigenvalue weighted by Gasteiger charge is -2.47. The fourth-order valence-electron chi connectivity index (χ4n) is 5.50.